The van der Waals surface area contributed by atoms with Crippen molar-refractivity contribution in [2.45, 2.75) is 51.2 Å². The van der Waals surface area contributed by atoms with Gasteiger partial charge in [-0.05, 0) is 45.7 Å². The third kappa shape index (κ3) is 3.10. The molecule has 0 fully saturated rings. The molecule has 1 atom stereocenters. The lowest BCUT2D eigenvalue weighted by atomic mass is 9.84. The van der Waals surface area contributed by atoms with Crippen molar-refractivity contribution >= 4 is 0 Å². The van der Waals surface area contributed by atoms with Crippen LogP contribution in [0.15, 0.2) is 24.3 Å². The maximum atomic E-state index is 10.2. The average molecular weight is 263 g/mol. The lowest BCUT2D eigenvalue weighted by molar-refractivity contribution is -0.00537. The van der Waals surface area contributed by atoms with Crippen LogP contribution in [0.5, 0.6) is 5.75 Å². The molecule has 3 heteroatoms. The standard InChI is InChI=1S/C16H25NO2/c1-15(2,16(3,4)18)17-11-12-9-10-19-14-8-6-5-7-13(12)14/h5-8,12,17-18H,9-11H2,1-4H3. The number of ether oxygens (including phenoxy) is 1. The number of hydrogen-bond acceptors (Lipinski definition) is 3. The summed E-state index contributed by atoms with van der Waals surface area (Å²) in [5, 5.41) is 13.7. The average Bonchev–Trinajstić information content (AvgIpc) is 2.35. The van der Waals surface area contributed by atoms with Crippen molar-refractivity contribution in [1.29, 1.82) is 0 Å². The van der Waals surface area contributed by atoms with E-state index in [0.29, 0.717) is 5.92 Å². The van der Waals surface area contributed by atoms with Crippen molar-refractivity contribution in [3.05, 3.63) is 29.8 Å². The van der Waals surface area contributed by atoms with Gasteiger partial charge in [-0.3, -0.25) is 0 Å². The molecule has 0 bridgehead atoms. The number of fused-ring (bicyclic) bond motifs is 1. The van der Waals surface area contributed by atoms with E-state index in [1.807, 2.05) is 39.8 Å². The van der Waals surface area contributed by atoms with E-state index in [1.165, 1.54) is 5.56 Å². The van der Waals surface area contributed by atoms with Gasteiger partial charge in [-0.15, -0.1) is 0 Å². The van der Waals surface area contributed by atoms with Crippen molar-refractivity contribution in [3.63, 3.8) is 0 Å². The van der Waals surface area contributed by atoms with Gasteiger partial charge in [-0.1, -0.05) is 18.2 Å². The van der Waals surface area contributed by atoms with Gasteiger partial charge in [0, 0.05) is 18.0 Å². The molecule has 2 N–H and O–H groups in total. The summed E-state index contributed by atoms with van der Waals surface area (Å²) in [6.07, 6.45) is 1.02. The largest absolute Gasteiger partial charge is 0.493 e. The molecule has 19 heavy (non-hydrogen) atoms. The van der Waals surface area contributed by atoms with Gasteiger partial charge >= 0.3 is 0 Å². The van der Waals surface area contributed by atoms with Crippen LogP contribution < -0.4 is 10.1 Å². The zero-order valence-electron chi connectivity index (χ0n) is 12.4. The van der Waals surface area contributed by atoms with E-state index < -0.39 is 5.60 Å². The predicted octanol–water partition coefficient (Wildman–Crippen LogP) is 2.69. The highest BCUT2D eigenvalue weighted by molar-refractivity contribution is 5.38. The van der Waals surface area contributed by atoms with Crippen molar-refractivity contribution in [2.24, 2.45) is 0 Å². The van der Waals surface area contributed by atoms with E-state index in [0.717, 1.165) is 25.3 Å². The third-order valence-corrected chi connectivity index (χ3v) is 4.40. The minimum absolute atomic E-state index is 0.319. The maximum Gasteiger partial charge on any atom is 0.122 e. The lowest BCUT2D eigenvalue weighted by Crippen LogP contribution is -2.56. The Morgan fingerprint density at radius 3 is 2.63 bits per heavy atom. The summed E-state index contributed by atoms with van der Waals surface area (Å²) < 4.78 is 5.68. The second-order valence-corrected chi connectivity index (χ2v) is 6.44. The number of rotatable bonds is 4. The fourth-order valence-electron chi connectivity index (χ4n) is 2.22. The molecule has 3 nitrogen and oxygen atoms in total. The van der Waals surface area contributed by atoms with Crippen molar-refractivity contribution in [3.8, 4) is 5.75 Å². The molecule has 1 aliphatic heterocycles. The van der Waals surface area contributed by atoms with Crippen LogP contribution in [0.1, 0.15) is 45.6 Å². The maximum absolute atomic E-state index is 10.2. The molecule has 0 amide bonds. The number of benzene rings is 1. The molecule has 0 aromatic heterocycles. The van der Waals surface area contributed by atoms with E-state index in [-0.39, 0.29) is 5.54 Å². The summed E-state index contributed by atoms with van der Waals surface area (Å²) in [5.74, 6) is 1.45. The highest BCUT2D eigenvalue weighted by Gasteiger charge is 2.35. The first-order valence-corrected chi connectivity index (χ1v) is 7.00. The van der Waals surface area contributed by atoms with Gasteiger partial charge < -0.3 is 15.2 Å². The second-order valence-electron chi connectivity index (χ2n) is 6.44. The Hall–Kier alpha value is -1.06. The van der Waals surface area contributed by atoms with Crippen molar-refractivity contribution in [1.82, 2.24) is 5.32 Å². The van der Waals surface area contributed by atoms with Crippen LogP contribution in [0.4, 0.5) is 0 Å². The molecule has 106 valence electrons. The van der Waals surface area contributed by atoms with Crippen LogP contribution in [0, 0.1) is 0 Å². The second kappa shape index (κ2) is 5.14. The fourth-order valence-corrected chi connectivity index (χ4v) is 2.22. The summed E-state index contributed by atoms with van der Waals surface area (Å²) in [6.45, 7) is 9.40. The predicted molar refractivity (Wildman–Crippen MR) is 77.7 cm³/mol. The van der Waals surface area contributed by atoms with Gasteiger partial charge in [-0.25, -0.2) is 0 Å². The Kier molecular flexibility index (Phi) is 3.88. The first-order chi connectivity index (χ1) is 8.81. The molecule has 2 rings (SSSR count). The third-order valence-electron chi connectivity index (χ3n) is 4.40. The molecule has 0 spiro atoms. The molecule has 0 aliphatic carbocycles. The molecule has 1 aromatic carbocycles. The van der Waals surface area contributed by atoms with Gasteiger partial charge in [0.1, 0.15) is 5.75 Å². The van der Waals surface area contributed by atoms with Gasteiger partial charge in [0.05, 0.1) is 12.2 Å². The van der Waals surface area contributed by atoms with Crippen LogP contribution in [0.3, 0.4) is 0 Å². The SMILES string of the molecule is CC(C)(O)C(C)(C)NCC1CCOc2ccccc21. The molecule has 0 saturated carbocycles. The number of para-hydroxylation sites is 1. The molecule has 1 heterocycles. The first-order valence-electron chi connectivity index (χ1n) is 7.00. The normalized spacial score (nSPS) is 19.7. The van der Waals surface area contributed by atoms with E-state index in [4.69, 9.17) is 4.74 Å². The summed E-state index contributed by atoms with van der Waals surface area (Å²) in [6, 6.07) is 8.23. The zero-order chi connectivity index (χ0) is 14.1. The number of aliphatic hydroxyl groups is 1. The quantitative estimate of drug-likeness (QED) is 0.877. The minimum atomic E-state index is -0.752. The monoisotopic (exact) mass is 263 g/mol. The first kappa shape index (κ1) is 14.4. The Labute approximate surface area is 116 Å². The van der Waals surface area contributed by atoms with Crippen LogP contribution >= 0.6 is 0 Å². The fraction of sp³-hybridized carbons (Fsp3) is 0.625. The van der Waals surface area contributed by atoms with Crippen LogP contribution in [0.2, 0.25) is 0 Å². The smallest absolute Gasteiger partial charge is 0.122 e. The topological polar surface area (TPSA) is 41.5 Å². The summed E-state index contributed by atoms with van der Waals surface area (Å²) in [7, 11) is 0. The highest BCUT2D eigenvalue weighted by Crippen LogP contribution is 2.33. The van der Waals surface area contributed by atoms with E-state index in [2.05, 4.69) is 17.4 Å². The van der Waals surface area contributed by atoms with Gasteiger partial charge in [-0.2, -0.15) is 0 Å². The minimum Gasteiger partial charge on any atom is -0.493 e. The van der Waals surface area contributed by atoms with Crippen LogP contribution in [-0.2, 0) is 0 Å². The molecule has 1 aromatic rings. The molecule has 0 radical (unpaired) electrons. The van der Waals surface area contributed by atoms with Gasteiger partial charge in [0.2, 0.25) is 0 Å². The van der Waals surface area contributed by atoms with Crippen LogP contribution in [0.25, 0.3) is 0 Å². The Morgan fingerprint density at radius 2 is 1.95 bits per heavy atom. The highest BCUT2D eigenvalue weighted by atomic mass is 16.5. The van der Waals surface area contributed by atoms with E-state index in [1.54, 1.807) is 0 Å². The Bertz CT molecular complexity index is 435. The summed E-state index contributed by atoms with van der Waals surface area (Å²) in [4.78, 5) is 0. The Balaban J connectivity index is 2.06. The molecule has 1 unspecified atom stereocenters. The lowest BCUT2D eigenvalue weighted by Gasteiger charge is -2.40. The molecule has 1 aliphatic rings. The van der Waals surface area contributed by atoms with Gasteiger partial charge in [0.25, 0.3) is 0 Å². The van der Waals surface area contributed by atoms with Crippen LogP contribution in [-0.4, -0.2) is 29.4 Å². The summed E-state index contributed by atoms with van der Waals surface area (Å²) in [5.41, 5.74) is 0.200. The molecular weight excluding hydrogens is 238 g/mol. The van der Waals surface area contributed by atoms with Gasteiger partial charge in [0.15, 0.2) is 0 Å². The van der Waals surface area contributed by atoms with E-state index >= 15 is 0 Å². The molecular formula is C16H25NO2. The summed E-state index contributed by atoms with van der Waals surface area (Å²) >= 11 is 0. The van der Waals surface area contributed by atoms with Crippen molar-refractivity contribution < 1.29 is 9.84 Å². The Morgan fingerprint density at radius 1 is 1.26 bits per heavy atom. The zero-order valence-corrected chi connectivity index (χ0v) is 12.4. The number of nitrogens with one attached hydrogen (secondary N) is 1. The number of hydrogen-bond donors (Lipinski definition) is 2. The van der Waals surface area contributed by atoms with E-state index in [9.17, 15) is 5.11 Å². The molecule has 0 saturated heterocycles. The van der Waals surface area contributed by atoms with Crippen molar-refractivity contribution in [2.75, 3.05) is 13.2 Å².